The second-order valence-electron chi connectivity index (χ2n) is 6.26. The quantitative estimate of drug-likeness (QED) is 0.600. The van der Waals surface area contributed by atoms with Gasteiger partial charge in [0.2, 0.25) is 5.91 Å². The van der Waals surface area contributed by atoms with Gasteiger partial charge in [-0.1, -0.05) is 38.1 Å². The monoisotopic (exact) mass is 347 g/mol. The van der Waals surface area contributed by atoms with Gasteiger partial charge in [0.25, 0.3) is 0 Å². The van der Waals surface area contributed by atoms with Crippen LogP contribution in [0.4, 0.5) is 4.79 Å². The van der Waals surface area contributed by atoms with Crippen molar-refractivity contribution in [3.63, 3.8) is 0 Å². The van der Waals surface area contributed by atoms with Gasteiger partial charge in [0.15, 0.2) is 5.54 Å². The standard InChI is InChI=1S/C18H25N3O4/c1-3-13(4-2)20-15(22)11-19-17(25)21-18(16(23)24)10-9-12-7-5-6-8-14(12)18/h5-8,13H,3-4,9-11H2,1-2H3,(H,20,22)(H,23,24)(H2,19,21,25)/t18-/m0/s1. The van der Waals surface area contributed by atoms with Crippen LogP contribution < -0.4 is 16.0 Å². The Kier molecular flexibility index (Phi) is 6.01. The maximum Gasteiger partial charge on any atom is 0.334 e. The molecule has 2 rings (SSSR count). The lowest BCUT2D eigenvalue weighted by Gasteiger charge is -2.27. The topological polar surface area (TPSA) is 108 Å². The zero-order chi connectivity index (χ0) is 18.4. The molecule has 136 valence electrons. The molecule has 1 atom stereocenters. The van der Waals surface area contributed by atoms with Gasteiger partial charge >= 0.3 is 12.0 Å². The molecule has 0 spiro atoms. The van der Waals surface area contributed by atoms with E-state index in [0.717, 1.165) is 18.4 Å². The SMILES string of the molecule is CCC(CC)NC(=O)CNC(=O)N[C@@]1(C(=O)O)CCc2ccccc21. The molecule has 1 aliphatic rings. The number of hydrogen-bond donors (Lipinski definition) is 4. The molecule has 7 nitrogen and oxygen atoms in total. The lowest BCUT2D eigenvalue weighted by Crippen LogP contribution is -2.55. The summed E-state index contributed by atoms with van der Waals surface area (Å²) in [5.74, 6) is -1.39. The molecule has 1 aliphatic carbocycles. The molecule has 25 heavy (non-hydrogen) atoms. The van der Waals surface area contributed by atoms with E-state index in [4.69, 9.17) is 0 Å². The van der Waals surface area contributed by atoms with Crippen molar-refractivity contribution in [1.29, 1.82) is 0 Å². The number of nitrogens with one attached hydrogen (secondary N) is 3. The number of carbonyl (C=O) groups excluding carboxylic acids is 2. The van der Waals surface area contributed by atoms with E-state index < -0.39 is 17.5 Å². The molecule has 0 aromatic heterocycles. The highest BCUT2D eigenvalue weighted by Crippen LogP contribution is 2.37. The molecule has 0 saturated carbocycles. The second-order valence-corrected chi connectivity index (χ2v) is 6.26. The molecular weight excluding hydrogens is 322 g/mol. The van der Waals surface area contributed by atoms with Crippen LogP contribution in [-0.2, 0) is 21.5 Å². The Balaban J connectivity index is 1.99. The first-order valence-electron chi connectivity index (χ1n) is 8.60. The summed E-state index contributed by atoms with van der Waals surface area (Å²) in [5, 5.41) is 17.5. The molecule has 0 unspecified atom stereocenters. The highest BCUT2D eigenvalue weighted by molar-refractivity contribution is 5.90. The number of benzene rings is 1. The maximum atomic E-state index is 12.2. The minimum atomic E-state index is -1.45. The Morgan fingerprint density at radius 2 is 1.88 bits per heavy atom. The lowest BCUT2D eigenvalue weighted by molar-refractivity contribution is -0.144. The van der Waals surface area contributed by atoms with Gasteiger partial charge in [0.05, 0.1) is 6.54 Å². The average Bonchev–Trinajstić information content (AvgIpc) is 2.98. The summed E-state index contributed by atoms with van der Waals surface area (Å²) in [6.07, 6.45) is 2.49. The van der Waals surface area contributed by atoms with Crippen molar-refractivity contribution in [2.45, 2.75) is 51.1 Å². The summed E-state index contributed by atoms with van der Waals surface area (Å²) in [7, 11) is 0. The van der Waals surface area contributed by atoms with Crippen LogP contribution in [0, 0.1) is 0 Å². The Hall–Kier alpha value is -2.57. The molecule has 4 N–H and O–H groups in total. The normalized spacial score (nSPS) is 18.5. The van der Waals surface area contributed by atoms with Crippen molar-refractivity contribution in [2.75, 3.05) is 6.54 Å². The van der Waals surface area contributed by atoms with Crippen molar-refractivity contribution in [3.05, 3.63) is 35.4 Å². The summed E-state index contributed by atoms with van der Waals surface area (Å²) < 4.78 is 0. The van der Waals surface area contributed by atoms with Crippen LogP contribution >= 0.6 is 0 Å². The molecule has 0 fully saturated rings. The molecule has 1 aromatic carbocycles. The van der Waals surface area contributed by atoms with Gasteiger partial charge in [-0.3, -0.25) is 4.79 Å². The number of fused-ring (bicyclic) bond motifs is 1. The van der Waals surface area contributed by atoms with Crippen LogP contribution in [-0.4, -0.2) is 35.6 Å². The van der Waals surface area contributed by atoms with E-state index in [1.807, 2.05) is 26.0 Å². The van der Waals surface area contributed by atoms with Crippen LogP contribution in [0.15, 0.2) is 24.3 Å². The zero-order valence-corrected chi connectivity index (χ0v) is 14.6. The molecule has 1 aromatic rings. The molecular formula is C18H25N3O4. The Labute approximate surface area is 147 Å². The minimum absolute atomic E-state index is 0.0735. The van der Waals surface area contributed by atoms with Crippen molar-refractivity contribution >= 4 is 17.9 Å². The van der Waals surface area contributed by atoms with Gasteiger partial charge in [-0.2, -0.15) is 0 Å². The van der Waals surface area contributed by atoms with E-state index in [9.17, 15) is 19.5 Å². The third-order valence-electron chi connectivity index (χ3n) is 4.70. The van der Waals surface area contributed by atoms with E-state index >= 15 is 0 Å². The Morgan fingerprint density at radius 3 is 2.52 bits per heavy atom. The first kappa shape index (κ1) is 18.8. The number of aliphatic carboxylic acids is 1. The first-order valence-corrected chi connectivity index (χ1v) is 8.60. The number of amides is 3. The fourth-order valence-corrected chi connectivity index (χ4v) is 3.19. The number of hydrogen-bond acceptors (Lipinski definition) is 3. The molecule has 3 amide bonds. The first-order chi connectivity index (χ1) is 11.9. The molecule has 0 aliphatic heterocycles. The summed E-state index contributed by atoms with van der Waals surface area (Å²) in [5.41, 5.74) is 0.0581. The third-order valence-corrected chi connectivity index (χ3v) is 4.70. The van der Waals surface area contributed by atoms with E-state index in [2.05, 4.69) is 16.0 Å². The highest BCUT2D eigenvalue weighted by Gasteiger charge is 2.46. The zero-order valence-electron chi connectivity index (χ0n) is 14.6. The molecule has 0 heterocycles. The summed E-state index contributed by atoms with van der Waals surface area (Å²) in [4.78, 5) is 35.9. The fraction of sp³-hybridized carbons (Fsp3) is 0.500. The van der Waals surface area contributed by atoms with Crippen molar-refractivity contribution in [2.24, 2.45) is 0 Å². The predicted molar refractivity (Wildman–Crippen MR) is 93.1 cm³/mol. The number of carbonyl (C=O) groups is 3. The lowest BCUT2D eigenvalue weighted by atomic mass is 9.92. The number of aryl methyl sites for hydroxylation is 1. The highest BCUT2D eigenvalue weighted by atomic mass is 16.4. The number of carboxylic acids is 1. The van der Waals surface area contributed by atoms with Crippen LogP contribution in [0.3, 0.4) is 0 Å². The Morgan fingerprint density at radius 1 is 1.20 bits per heavy atom. The van der Waals surface area contributed by atoms with Crippen LogP contribution in [0.5, 0.6) is 0 Å². The fourth-order valence-electron chi connectivity index (χ4n) is 3.19. The van der Waals surface area contributed by atoms with Crippen LogP contribution in [0.2, 0.25) is 0 Å². The molecule has 0 radical (unpaired) electrons. The van der Waals surface area contributed by atoms with Gasteiger partial charge in [-0.05, 0) is 36.8 Å². The minimum Gasteiger partial charge on any atom is -0.479 e. The van der Waals surface area contributed by atoms with Crippen molar-refractivity contribution < 1.29 is 19.5 Å². The summed E-state index contributed by atoms with van der Waals surface area (Å²) >= 11 is 0. The van der Waals surface area contributed by atoms with E-state index in [-0.39, 0.29) is 24.9 Å². The molecule has 7 heteroatoms. The third kappa shape index (κ3) is 4.10. The second kappa shape index (κ2) is 8.00. The van der Waals surface area contributed by atoms with Gasteiger partial charge in [0, 0.05) is 6.04 Å². The smallest absolute Gasteiger partial charge is 0.334 e. The summed E-state index contributed by atoms with van der Waals surface area (Å²) in [6.45, 7) is 3.76. The number of carboxylic acid groups (broad SMARTS) is 1. The van der Waals surface area contributed by atoms with Gasteiger partial charge < -0.3 is 21.1 Å². The molecule has 0 bridgehead atoms. The number of urea groups is 1. The number of rotatable bonds is 7. The average molecular weight is 347 g/mol. The van der Waals surface area contributed by atoms with Crippen molar-refractivity contribution in [3.8, 4) is 0 Å². The van der Waals surface area contributed by atoms with Gasteiger partial charge in [-0.15, -0.1) is 0 Å². The predicted octanol–water partition coefficient (Wildman–Crippen LogP) is 1.52. The van der Waals surface area contributed by atoms with Gasteiger partial charge in [0.1, 0.15) is 0 Å². The largest absolute Gasteiger partial charge is 0.479 e. The van der Waals surface area contributed by atoms with E-state index in [1.54, 1.807) is 12.1 Å². The van der Waals surface area contributed by atoms with Gasteiger partial charge in [-0.25, -0.2) is 9.59 Å². The molecule has 0 saturated heterocycles. The maximum absolute atomic E-state index is 12.2. The van der Waals surface area contributed by atoms with E-state index in [1.165, 1.54) is 0 Å². The summed E-state index contributed by atoms with van der Waals surface area (Å²) in [6, 6.07) is 6.59. The van der Waals surface area contributed by atoms with E-state index in [0.29, 0.717) is 12.0 Å². The van der Waals surface area contributed by atoms with Crippen LogP contribution in [0.1, 0.15) is 44.2 Å². The Bertz CT molecular complexity index is 657. The van der Waals surface area contributed by atoms with Crippen LogP contribution in [0.25, 0.3) is 0 Å². The van der Waals surface area contributed by atoms with Crippen molar-refractivity contribution in [1.82, 2.24) is 16.0 Å².